The Kier molecular flexibility index (Phi) is 5.62. The van der Waals surface area contributed by atoms with Gasteiger partial charge < -0.3 is 10.4 Å². The van der Waals surface area contributed by atoms with Crippen molar-refractivity contribution in [1.29, 1.82) is 0 Å². The zero-order chi connectivity index (χ0) is 16.3. The van der Waals surface area contributed by atoms with E-state index >= 15 is 0 Å². The molecule has 4 nitrogen and oxygen atoms in total. The number of aliphatic hydroxyl groups is 1. The van der Waals surface area contributed by atoms with Gasteiger partial charge in [-0.25, -0.2) is 0 Å². The molecule has 0 saturated heterocycles. The molecule has 0 fully saturated rings. The number of hydrogen-bond acceptors (Lipinski definition) is 3. The molecule has 0 saturated carbocycles. The van der Waals surface area contributed by atoms with E-state index in [1.54, 1.807) is 12.1 Å². The first kappa shape index (κ1) is 17.0. The maximum Gasteiger partial charge on any atom is 0.0940 e. The summed E-state index contributed by atoms with van der Waals surface area (Å²) in [5.41, 5.74) is 1.97. The van der Waals surface area contributed by atoms with Crippen LogP contribution in [0.1, 0.15) is 57.0 Å². The van der Waals surface area contributed by atoms with Gasteiger partial charge in [0.1, 0.15) is 0 Å². The fraction of sp³-hybridized carbons (Fsp3) is 0.471. The third-order valence-corrected chi connectivity index (χ3v) is 4.10. The van der Waals surface area contributed by atoms with Crippen LogP contribution in [0.4, 0.5) is 0 Å². The van der Waals surface area contributed by atoms with E-state index in [0.29, 0.717) is 11.1 Å². The topological polar surface area (TPSA) is 50.1 Å². The highest BCUT2D eigenvalue weighted by Crippen LogP contribution is 2.22. The lowest BCUT2D eigenvalue weighted by Crippen LogP contribution is -2.34. The van der Waals surface area contributed by atoms with Crippen molar-refractivity contribution in [2.24, 2.45) is 0 Å². The molecule has 1 aromatic carbocycles. The van der Waals surface area contributed by atoms with Crippen LogP contribution in [0.15, 0.2) is 36.7 Å². The van der Waals surface area contributed by atoms with Gasteiger partial charge in [-0.2, -0.15) is 5.10 Å². The number of halogens is 1. The molecule has 3 atom stereocenters. The summed E-state index contributed by atoms with van der Waals surface area (Å²) in [5, 5.41) is 18.9. The van der Waals surface area contributed by atoms with E-state index in [-0.39, 0.29) is 12.1 Å². The summed E-state index contributed by atoms with van der Waals surface area (Å²) < 4.78 is 1.94. The standard InChI is InChI=1S/C17H24ClN3O/c1-11(2)21-10-15(9-19-21)12(3)20-13(4)17(22)14-5-7-16(18)8-6-14/h5-13,17,20,22H,1-4H3. The summed E-state index contributed by atoms with van der Waals surface area (Å²) in [6.07, 6.45) is 3.34. The largest absolute Gasteiger partial charge is 0.387 e. The molecule has 22 heavy (non-hydrogen) atoms. The van der Waals surface area contributed by atoms with Gasteiger partial charge in [-0.15, -0.1) is 0 Å². The van der Waals surface area contributed by atoms with E-state index < -0.39 is 6.10 Å². The van der Waals surface area contributed by atoms with E-state index in [2.05, 4.69) is 31.2 Å². The highest BCUT2D eigenvalue weighted by atomic mass is 35.5. The minimum atomic E-state index is -0.583. The molecule has 2 aromatic rings. The molecule has 1 aromatic heterocycles. The fourth-order valence-electron chi connectivity index (χ4n) is 2.39. The summed E-state index contributed by atoms with van der Waals surface area (Å²) in [6.45, 7) is 8.25. The monoisotopic (exact) mass is 321 g/mol. The number of nitrogens with zero attached hydrogens (tertiary/aromatic N) is 2. The zero-order valence-electron chi connectivity index (χ0n) is 13.5. The molecule has 0 aliphatic heterocycles. The average Bonchev–Trinajstić information content (AvgIpc) is 2.97. The molecule has 120 valence electrons. The van der Waals surface area contributed by atoms with Gasteiger partial charge in [0, 0.05) is 34.9 Å². The molecule has 0 amide bonds. The van der Waals surface area contributed by atoms with Crippen molar-refractivity contribution in [3.8, 4) is 0 Å². The summed E-state index contributed by atoms with van der Waals surface area (Å²) in [6, 6.07) is 7.67. The Bertz CT molecular complexity index is 594. The van der Waals surface area contributed by atoms with Gasteiger partial charge in [0.05, 0.1) is 12.3 Å². The zero-order valence-corrected chi connectivity index (χ0v) is 14.2. The van der Waals surface area contributed by atoms with Crippen LogP contribution in [0.5, 0.6) is 0 Å². The van der Waals surface area contributed by atoms with Crippen molar-refractivity contribution >= 4 is 11.6 Å². The lowest BCUT2D eigenvalue weighted by atomic mass is 10.0. The van der Waals surface area contributed by atoms with E-state index in [1.165, 1.54) is 0 Å². The van der Waals surface area contributed by atoms with Crippen molar-refractivity contribution in [3.05, 3.63) is 52.8 Å². The minimum Gasteiger partial charge on any atom is -0.387 e. The summed E-state index contributed by atoms with van der Waals surface area (Å²) in [4.78, 5) is 0. The number of aliphatic hydroxyl groups excluding tert-OH is 1. The van der Waals surface area contributed by atoms with Crippen LogP contribution in [-0.2, 0) is 0 Å². The summed E-state index contributed by atoms with van der Waals surface area (Å²) >= 11 is 5.88. The van der Waals surface area contributed by atoms with Gasteiger partial charge in [0.25, 0.3) is 0 Å². The molecule has 0 bridgehead atoms. The molecule has 2 rings (SSSR count). The van der Waals surface area contributed by atoms with Gasteiger partial charge in [-0.1, -0.05) is 23.7 Å². The van der Waals surface area contributed by atoms with Crippen LogP contribution in [0.25, 0.3) is 0 Å². The van der Waals surface area contributed by atoms with Crippen LogP contribution in [0.2, 0.25) is 5.02 Å². The molecule has 1 heterocycles. The molecule has 2 N–H and O–H groups in total. The fourth-order valence-corrected chi connectivity index (χ4v) is 2.52. The molecule has 0 aliphatic rings. The van der Waals surface area contributed by atoms with Crippen molar-refractivity contribution in [1.82, 2.24) is 15.1 Å². The molecular formula is C17H24ClN3O. The number of rotatable bonds is 6. The number of nitrogens with one attached hydrogen (secondary N) is 1. The van der Waals surface area contributed by atoms with Crippen molar-refractivity contribution in [3.63, 3.8) is 0 Å². The Morgan fingerprint density at radius 2 is 1.73 bits per heavy atom. The predicted octanol–water partition coefficient (Wildman–Crippen LogP) is 3.89. The summed E-state index contributed by atoms with van der Waals surface area (Å²) in [5.74, 6) is 0. The smallest absolute Gasteiger partial charge is 0.0940 e. The Morgan fingerprint density at radius 3 is 2.27 bits per heavy atom. The Labute approximate surface area is 137 Å². The summed E-state index contributed by atoms with van der Waals surface area (Å²) in [7, 11) is 0. The quantitative estimate of drug-likeness (QED) is 0.848. The molecule has 3 unspecified atom stereocenters. The first-order valence-corrected chi connectivity index (χ1v) is 8.00. The Balaban J connectivity index is 2.00. The van der Waals surface area contributed by atoms with Crippen LogP contribution >= 0.6 is 11.6 Å². The van der Waals surface area contributed by atoms with E-state index in [9.17, 15) is 5.11 Å². The van der Waals surface area contributed by atoms with Gasteiger partial charge in [-0.3, -0.25) is 4.68 Å². The van der Waals surface area contributed by atoms with Crippen LogP contribution in [0.3, 0.4) is 0 Å². The van der Waals surface area contributed by atoms with Crippen molar-refractivity contribution < 1.29 is 5.11 Å². The Hall–Kier alpha value is -1.36. The van der Waals surface area contributed by atoms with Gasteiger partial charge in [0.2, 0.25) is 0 Å². The van der Waals surface area contributed by atoms with Gasteiger partial charge >= 0.3 is 0 Å². The first-order valence-electron chi connectivity index (χ1n) is 7.62. The number of aromatic nitrogens is 2. The van der Waals surface area contributed by atoms with Crippen LogP contribution in [0, 0.1) is 0 Å². The first-order chi connectivity index (χ1) is 10.4. The van der Waals surface area contributed by atoms with Crippen molar-refractivity contribution in [2.75, 3.05) is 0 Å². The van der Waals surface area contributed by atoms with Crippen LogP contribution in [-0.4, -0.2) is 20.9 Å². The third kappa shape index (κ3) is 4.09. The molecule has 0 aliphatic carbocycles. The maximum absolute atomic E-state index is 10.4. The lowest BCUT2D eigenvalue weighted by molar-refractivity contribution is 0.130. The maximum atomic E-state index is 10.4. The van der Waals surface area contributed by atoms with E-state index in [1.807, 2.05) is 36.1 Å². The van der Waals surface area contributed by atoms with Gasteiger partial charge in [-0.05, 0) is 45.4 Å². The minimum absolute atomic E-state index is 0.0847. The molecule has 5 heteroatoms. The number of benzene rings is 1. The Morgan fingerprint density at radius 1 is 1.09 bits per heavy atom. The second-order valence-electron chi connectivity index (χ2n) is 6.02. The molecular weight excluding hydrogens is 298 g/mol. The highest BCUT2D eigenvalue weighted by molar-refractivity contribution is 6.30. The van der Waals surface area contributed by atoms with Crippen LogP contribution < -0.4 is 5.32 Å². The average molecular weight is 322 g/mol. The second-order valence-corrected chi connectivity index (χ2v) is 6.46. The predicted molar refractivity (Wildman–Crippen MR) is 90.0 cm³/mol. The lowest BCUT2D eigenvalue weighted by Gasteiger charge is -2.24. The normalized spacial score (nSPS) is 15.8. The highest BCUT2D eigenvalue weighted by Gasteiger charge is 2.19. The van der Waals surface area contributed by atoms with E-state index in [0.717, 1.165) is 11.1 Å². The number of hydrogen-bond donors (Lipinski definition) is 2. The second kappa shape index (κ2) is 7.27. The van der Waals surface area contributed by atoms with Crippen molar-refractivity contribution in [2.45, 2.75) is 51.9 Å². The van der Waals surface area contributed by atoms with E-state index in [4.69, 9.17) is 11.6 Å². The third-order valence-electron chi connectivity index (χ3n) is 3.85. The SMILES string of the molecule is CC(NC(C)C(O)c1ccc(Cl)cc1)c1cnn(C(C)C)c1. The van der Waals surface area contributed by atoms with Gasteiger partial charge in [0.15, 0.2) is 0 Å². The molecule has 0 spiro atoms. The molecule has 0 radical (unpaired) electrons.